The summed E-state index contributed by atoms with van der Waals surface area (Å²) in [6, 6.07) is 3.09. The molecule has 0 saturated heterocycles. The van der Waals surface area contributed by atoms with Crippen LogP contribution in [-0.4, -0.2) is 23.2 Å². The molecule has 2 aromatic heterocycles. The highest BCUT2D eigenvalue weighted by Crippen LogP contribution is 2.21. The molecule has 0 fully saturated rings. The molecule has 0 saturated carbocycles. The molecule has 0 aliphatic rings. The zero-order valence-corrected chi connectivity index (χ0v) is 11.7. The minimum Gasteiger partial charge on any atom is -0.384 e. The number of nitrogens with zero attached hydrogens (tertiary/aromatic N) is 3. The average Bonchev–Trinajstić information content (AvgIpc) is 2.56. The Morgan fingerprint density at radius 1 is 1.32 bits per heavy atom. The van der Waals surface area contributed by atoms with Crippen LogP contribution in [0.25, 0.3) is 0 Å². The molecular formula is C11H15N5O2S. The van der Waals surface area contributed by atoms with Gasteiger partial charge in [-0.15, -0.1) is 0 Å². The Kier molecular flexibility index (Phi) is 3.19. The highest BCUT2D eigenvalue weighted by Gasteiger charge is 2.23. The summed E-state index contributed by atoms with van der Waals surface area (Å²) in [4.78, 5) is 4.02. The summed E-state index contributed by atoms with van der Waals surface area (Å²) in [5.41, 5.74) is 6.84. The number of sulfonamides is 1. The first-order chi connectivity index (χ1) is 8.81. The van der Waals surface area contributed by atoms with Gasteiger partial charge in [0, 0.05) is 7.05 Å². The van der Waals surface area contributed by atoms with Gasteiger partial charge in [0.15, 0.2) is 0 Å². The van der Waals surface area contributed by atoms with E-state index in [1.807, 2.05) is 0 Å². The minimum atomic E-state index is -3.68. The van der Waals surface area contributed by atoms with Crippen molar-refractivity contribution in [3.8, 4) is 0 Å². The van der Waals surface area contributed by atoms with E-state index < -0.39 is 10.0 Å². The lowest BCUT2D eigenvalue weighted by Crippen LogP contribution is -2.15. The predicted molar refractivity (Wildman–Crippen MR) is 72.1 cm³/mol. The average molecular weight is 281 g/mol. The molecule has 2 rings (SSSR count). The number of nitrogens with two attached hydrogens (primary N) is 1. The molecule has 8 heteroatoms. The number of aromatic nitrogens is 3. The number of rotatable bonds is 3. The fourth-order valence-electron chi connectivity index (χ4n) is 1.81. The topological polar surface area (TPSA) is 103 Å². The number of hydrogen-bond donors (Lipinski definition) is 2. The molecule has 0 bridgehead atoms. The smallest absolute Gasteiger partial charge is 0.265 e. The van der Waals surface area contributed by atoms with Gasteiger partial charge in [-0.25, -0.2) is 13.4 Å². The molecule has 0 aliphatic heterocycles. The van der Waals surface area contributed by atoms with Gasteiger partial charge in [-0.05, 0) is 26.0 Å². The maximum atomic E-state index is 12.3. The Morgan fingerprint density at radius 2 is 2.00 bits per heavy atom. The van der Waals surface area contributed by atoms with E-state index in [4.69, 9.17) is 5.73 Å². The van der Waals surface area contributed by atoms with Crippen molar-refractivity contribution >= 4 is 21.5 Å². The van der Waals surface area contributed by atoms with Crippen molar-refractivity contribution in [2.75, 3.05) is 10.5 Å². The van der Waals surface area contributed by atoms with Gasteiger partial charge in [-0.1, -0.05) is 0 Å². The lowest BCUT2D eigenvalue weighted by atomic mass is 10.4. The van der Waals surface area contributed by atoms with E-state index in [0.29, 0.717) is 22.9 Å². The molecule has 0 aromatic carbocycles. The molecular weight excluding hydrogens is 266 g/mol. The van der Waals surface area contributed by atoms with Crippen LogP contribution >= 0.6 is 0 Å². The van der Waals surface area contributed by atoms with Crippen molar-refractivity contribution in [2.24, 2.45) is 7.05 Å². The molecule has 0 unspecified atom stereocenters. The van der Waals surface area contributed by atoms with Gasteiger partial charge in [0.2, 0.25) is 0 Å². The summed E-state index contributed by atoms with van der Waals surface area (Å²) in [6.07, 6.45) is 1.37. The molecule has 0 atom stereocenters. The Labute approximate surface area is 111 Å². The van der Waals surface area contributed by atoms with Crippen LogP contribution in [0.4, 0.5) is 11.5 Å². The molecule has 0 aliphatic carbocycles. The number of aryl methyl sites for hydroxylation is 2. The van der Waals surface area contributed by atoms with Crippen molar-refractivity contribution in [1.82, 2.24) is 14.8 Å². The first-order valence-corrected chi connectivity index (χ1v) is 7.04. The van der Waals surface area contributed by atoms with E-state index >= 15 is 0 Å². The molecule has 0 amide bonds. The second-order valence-electron chi connectivity index (χ2n) is 4.20. The van der Waals surface area contributed by atoms with E-state index in [-0.39, 0.29) is 4.90 Å². The number of anilines is 2. The van der Waals surface area contributed by atoms with Crippen LogP contribution < -0.4 is 10.5 Å². The van der Waals surface area contributed by atoms with E-state index in [1.165, 1.54) is 16.9 Å². The van der Waals surface area contributed by atoms with Gasteiger partial charge in [0.25, 0.3) is 10.0 Å². The van der Waals surface area contributed by atoms with E-state index in [2.05, 4.69) is 14.8 Å². The Hall–Kier alpha value is -2.09. The van der Waals surface area contributed by atoms with Gasteiger partial charge in [0.1, 0.15) is 10.7 Å². The van der Waals surface area contributed by atoms with Crippen molar-refractivity contribution in [3.63, 3.8) is 0 Å². The first-order valence-electron chi connectivity index (χ1n) is 5.56. The van der Waals surface area contributed by atoms with Gasteiger partial charge >= 0.3 is 0 Å². The summed E-state index contributed by atoms with van der Waals surface area (Å²) < 4.78 is 28.6. The van der Waals surface area contributed by atoms with Gasteiger partial charge in [-0.2, -0.15) is 5.10 Å². The fourth-order valence-corrected chi connectivity index (χ4v) is 3.30. The summed E-state index contributed by atoms with van der Waals surface area (Å²) in [6.45, 7) is 3.36. The summed E-state index contributed by atoms with van der Waals surface area (Å²) >= 11 is 0. The Morgan fingerprint density at radius 3 is 2.47 bits per heavy atom. The van der Waals surface area contributed by atoms with Crippen LogP contribution in [0.1, 0.15) is 11.4 Å². The summed E-state index contributed by atoms with van der Waals surface area (Å²) in [5, 5.41) is 4.09. The molecule has 3 N–H and O–H groups in total. The Balaban J connectivity index is 2.40. The summed E-state index contributed by atoms with van der Waals surface area (Å²) in [5.74, 6) is 0.330. The molecule has 102 valence electrons. The van der Waals surface area contributed by atoms with Crippen LogP contribution in [0.2, 0.25) is 0 Å². The zero-order valence-electron chi connectivity index (χ0n) is 10.9. The highest BCUT2D eigenvalue weighted by molar-refractivity contribution is 7.92. The number of hydrogen-bond acceptors (Lipinski definition) is 5. The van der Waals surface area contributed by atoms with Crippen molar-refractivity contribution < 1.29 is 8.42 Å². The number of pyridine rings is 1. The van der Waals surface area contributed by atoms with E-state index in [9.17, 15) is 8.42 Å². The monoisotopic (exact) mass is 281 g/mol. The standard InChI is InChI=1S/C11H15N5O2S/c1-7-11(8(2)16(3)14-7)19(17,18)15-9-4-5-10(12)13-6-9/h4-6,15H,1-3H3,(H2,12,13). The molecule has 0 spiro atoms. The summed E-state index contributed by atoms with van der Waals surface area (Å²) in [7, 11) is -1.98. The minimum absolute atomic E-state index is 0.187. The number of nitrogens with one attached hydrogen (secondary N) is 1. The van der Waals surface area contributed by atoms with Crippen LogP contribution in [0.5, 0.6) is 0 Å². The van der Waals surface area contributed by atoms with Crippen LogP contribution in [0.15, 0.2) is 23.2 Å². The lowest BCUT2D eigenvalue weighted by molar-refractivity contribution is 0.599. The molecule has 7 nitrogen and oxygen atoms in total. The molecule has 19 heavy (non-hydrogen) atoms. The first kappa shape index (κ1) is 13.3. The zero-order chi connectivity index (χ0) is 14.2. The van der Waals surface area contributed by atoms with Crippen LogP contribution in [0.3, 0.4) is 0 Å². The van der Waals surface area contributed by atoms with Crippen molar-refractivity contribution in [2.45, 2.75) is 18.7 Å². The maximum Gasteiger partial charge on any atom is 0.265 e. The van der Waals surface area contributed by atoms with Crippen molar-refractivity contribution in [1.29, 1.82) is 0 Å². The SMILES string of the molecule is Cc1nn(C)c(C)c1S(=O)(=O)Nc1ccc(N)nc1. The van der Waals surface area contributed by atoms with Gasteiger partial charge in [0.05, 0.1) is 23.3 Å². The normalized spacial score (nSPS) is 11.5. The fraction of sp³-hybridized carbons (Fsp3) is 0.273. The van der Waals surface area contributed by atoms with Crippen LogP contribution in [0, 0.1) is 13.8 Å². The van der Waals surface area contributed by atoms with Gasteiger partial charge in [-0.3, -0.25) is 9.40 Å². The third kappa shape index (κ3) is 2.53. The quantitative estimate of drug-likeness (QED) is 0.866. The third-order valence-corrected chi connectivity index (χ3v) is 4.38. The number of nitrogen functional groups attached to an aromatic ring is 1. The van der Waals surface area contributed by atoms with E-state index in [1.54, 1.807) is 27.0 Å². The second-order valence-corrected chi connectivity index (χ2v) is 5.82. The largest absolute Gasteiger partial charge is 0.384 e. The third-order valence-electron chi connectivity index (χ3n) is 2.75. The van der Waals surface area contributed by atoms with E-state index in [0.717, 1.165) is 0 Å². The highest BCUT2D eigenvalue weighted by atomic mass is 32.2. The maximum absolute atomic E-state index is 12.3. The lowest BCUT2D eigenvalue weighted by Gasteiger charge is -2.08. The Bertz CT molecular complexity index is 703. The predicted octanol–water partition coefficient (Wildman–Crippen LogP) is 0.815. The molecule has 2 heterocycles. The van der Waals surface area contributed by atoms with Crippen molar-refractivity contribution in [3.05, 3.63) is 29.7 Å². The molecule has 2 aromatic rings. The van der Waals surface area contributed by atoms with Gasteiger partial charge < -0.3 is 5.73 Å². The molecule has 0 radical (unpaired) electrons. The second kappa shape index (κ2) is 4.54. The van der Waals surface area contributed by atoms with Crippen LogP contribution in [-0.2, 0) is 17.1 Å².